The Bertz CT molecular complexity index is 327. The molecule has 0 radical (unpaired) electrons. The van der Waals surface area contributed by atoms with Crippen molar-refractivity contribution in [3.05, 3.63) is 0 Å². The number of aliphatic hydroxyl groups is 1. The maximum absolute atomic E-state index is 12.5. The first-order valence-electron chi connectivity index (χ1n) is 6.65. The van der Waals surface area contributed by atoms with E-state index >= 15 is 0 Å². The number of likely N-dealkylation sites (tertiary alicyclic amines) is 1. The Hall–Kier alpha value is -0.820. The lowest BCUT2D eigenvalue weighted by Crippen LogP contribution is -2.54. The van der Waals surface area contributed by atoms with Gasteiger partial charge < -0.3 is 15.3 Å². The molecule has 1 amide bonds. The number of hydrogen-bond donors (Lipinski definition) is 2. The molecule has 2 aliphatic rings. The SMILES string of the molecule is O=C(C1CCC(C(F)(F)F)CN1)N1CCCC(O)C1. The van der Waals surface area contributed by atoms with Gasteiger partial charge >= 0.3 is 6.18 Å². The van der Waals surface area contributed by atoms with Crippen LogP contribution in [-0.4, -0.2) is 53.9 Å². The molecule has 2 aliphatic heterocycles. The number of piperidine rings is 2. The second kappa shape index (κ2) is 5.66. The summed E-state index contributed by atoms with van der Waals surface area (Å²) < 4.78 is 37.5. The third-order valence-electron chi connectivity index (χ3n) is 3.88. The van der Waals surface area contributed by atoms with Gasteiger partial charge in [-0.1, -0.05) is 0 Å². The highest BCUT2D eigenvalue weighted by Gasteiger charge is 2.43. The van der Waals surface area contributed by atoms with E-state index in [-0.39, 0.29) is 25.3 Å². The molecule has 19 heavy (non-hydrogen) atoms. The Kier molecular flexibility index (Phi) is 4.35. The van der Waals surface area contributed by atoms with E-state index in [1.54, 1.807) is 4.90 Å². The lowest BCUT2D eigenvalue weighted by atomic mass is 9.93. The van der Waals surface area contributed by atoms with Crippen molar-refractivity contribution < 1.29 is 23.1 Å². The molecule has 0 aromatic heterocycles. The first-order valence-corrected chi connectivity index (χ1v) is 6.65. The smallest absolute Gasteiger partial charge is 0.391 e. The first kappa shape index (κ1) is 14.6. The minimum absolute atomic E-state index is 0.0106. The van der Waals surface area contributed by atoms with Gasteiger partial charge in [0, 0.05) is 19.6 Å². The zero-order valence-corrected chi connectivity index (χ0v) is 10.6. The van der Waals surface area contributed by atoms with Crippen LogP contribution in [0.4, 0.5) is 13.2 Å². The molecule has 2 heterocycles. The maximum atomic E-state index is 12.5. The summed E-state index contributed by atoms with van der Waals surface area (Å²) in [5, 5.41) is 12.2. The molecule has 2 N–H and O–H groups in total. The summed E-state index contributed by atoms with van der Waals surface area (Å²) in [6.45, 7) is 0.673. The monoisotopic (exact) mass is 280 g/mol. The van der Waals surface area contributed by atoms with Crippen molar-refractivity contribution in [2.45, 2.75) is 44.0 Å². The number of amides is 1. The van der Waals surface area contributed by atoms with Crippen LogP contribution in [0.2, 0.25) is 0 Å². The van der Waals surface area contributed by atoms with Gasteiger partial charge in [0.15, 0.2) is 0 Å². The standard InChI is InChI=1S/C12H19F3N2O2/c13-12(14,15)8-3-4-10(16-6-8)11(19)17-5-1-2-9(18)7-17/h8-10,16,18H,1-7H2. The molecule has 0 aliphatic carbocycles. The number of halogens is 3. The normalized spacial score (nSPS) is 33.3. The molecule has 2 rings (SSSR count). The zero-order valence-electron chi connectivity index (χ0n) is 10.6. The van der Waals surface area contributed by atoms with Crippen molar-refractivity contribution in [3.8, 4) is 0 Å². The second-order valence-electron chi connectivity index (χ2n) is 5.36. The quantitative estimate of drug-likeness (QED) is 0.750. The van der Waals surface area contributed by atoms with Gasteiger partial charge in [0.2, 0.25) is 5.91 Å². The lowest BCUT2D eigenvalue weighted by molar-refractivity contribution is -0.181. The minimum atomic E-state index is -4.19. The zero-order chi connectivity index (χ0) is 14.0. The number of alkyl halides is 3. The van der Waals surface area contributed by atoms with E-state index in [0.717, 1.165) is 6.42 Å². The number of β-amino-alcohol motifs (C(OH)–C–C–N with tert-alkyl or cyclic N) is 1. The van der Waals surface area contributed by atoms with Crippen LogP contribution in [0.25, 0.3) is 0 Å². The number of carbonyl (C=O) groups is 1. The summed E-state index contributed by atoms with van der Waals surface area (Å²) in [4.78, 5) is 13.7. The van der Waals surface area contributed by atoms with Gasteiger partial charge in [0.1, 0.15) is 0 Å². The Labute approximate surface area is 110 Å². The summed E-state index contributed by atoms with van der Waals surface area (Å²) in [6.07, 6.45) is -3.09. The van der Waals surface area contributed by atoms with Gasteiger partial charge in [0.05, 0.1) is 18.1 Å². The predicted octanol–water partition coefficient (Wildman–Crippen LogP) is 0.900. The molecule has 2 fully saturated rings. The van der Waals surface area contributed by atoms with Crippen LogP contribution in [-0.2, 0) is 4.79 Å². The van der Waals surface area contributed by atoms with Gasteiger partial charge in [-0.3, -0.25) is 4.79 Å². The number of nitrogens with zero attached hydrogens (tertiary/aromatic N) is 1. The van der Waals surface area contributed by atoms with E-state index in [1.807, 2.05) is 0 Å². The molecular formula is C12H19F3N2O2. The molecule has 3 unspecified atom stereocenters. The summed E-state index contributed by atoms with van der Waals surface area (Å²) in [5.74, 6) is -1.54. The van der Waals surface area contributed by atoms with Crippen molar-refractivity contribution in [1.82, 2.24) is 10.2 Å². The first-order chi connectivity index (χ1) is 8.88. The molecular weight excluding hydrogens is 261 g/mol. The number of hydrogen-bond acceptors (Lipinski definition) is 3. The van der Waals surface area contributed by atoms with Gasteiger partial charge in [0.25, 0.3) is 0 Å². The van der Waals surface area contributed by atoms with E-state index in [9.17, 15) is 23.1 Å². The van der Waals surface area contributed by atoms with Gasteiger partial charge in [-0.05, 0) is 25.7 Å². The average molecular weight is 280 g/mol. The summed E-state index contributed by atoms with van der Waals surface area (Å²) in [5.41, 5.74) is 0. The molecule has 4 nitrogen and oxygen atoms in total. The molecule has 110 valence electrons. The third kappa shape index (κ3) is 3.60. The van der Waals surface area contributed by atoms with E-state index in [1.165, 1.54) is 0 Å². The highest BCUT2D eigenvalue weighted by Crippen LogP contribution is 2.32. The summed E-state index contributed by atoms with van der Waals surface area (Å²) >= 11 is 0. The van der Waals surface area contributed by atoms with Crippen molar-refractivity contribution in [2.75, 3.05) is 19.6 Å². The van der Waals surface area contributed by atoms with Crippen LogP contribution in [0.15, 0.2) is 0 Å². The lowest BCUT2D eigenvalue weighted by Gasteiger charge is -2.36. The Morgan fingerprint density at radius 2 is 2.00 bits per heavy atom. The Morgan fingerprint density at radius 1 is 1.26 bits per heavy atom. The highest BCUT2D eigenvalue weighted by molar-refractivity contribution is 5.82. The molecule has 7 heteroatoms. The van der Waals surface area contributed by atoms with Gasteiger partial charge in [-0.25, -0.2) is 0 Å². The average Bonchev–Trinajstić information content (AvgIpc) is 2.37. The van der Waals surface area contributed by atoms with E-state index < -0.39 is 24.2 Å². The topological polar surface area (TPSA) is 52.6 Å². The number of nitrogens with one attached hydrogen (secondary N) is 1. The van der Waals surface area contributed by atoms with Gasteiger partial charge in [-0.15, -0.1) is 0 Å². The number of carbonyl (C=O) groups excluding carboxylic acids is 1. The van der Waals surface area contributed by atoms with E-state index in [0.29, 0.717) is 19.5 Å². The highest BCUT2D eigenvalue weighted by atomic mass is 19.4. The van der Waals surface area contributed by atoms with Crippen LogP contribution >= 0.6 is 0 Å². The summed E-state index contributed by atoms with van der Waals surface area (Å²) in [7, 11) is 0. The Balaban J connectivity index is 1.85. The van der Waals surface area contributed by atoms with Crippen molar-refractivity contribution in [1.29, 1.82) is 0 Å². The maximum Gasteiger partial charge on any atom is 0.393 e. The van der Waals surface area contributed by atoms with Gasteiger partial charge in [-0.2, -0.15) is 13.2 Å². The van der Waals surface area contributed by atoms with Crippen LogP contribution < -0.4 is 5.32 Å². The fourth-order valence-electron chi connectivity index (χ4n) is 2.72. The molecule has 0 aromatic rings. The molecule has 0 aromatic carbocycles. The number of aliphatic hydroxyl groups excluding tert-OH is 1. The van der Waals surface area contributed by atoms with Crippen LogP contribution in [0.3, 0.4) is 0 Å². The molecule has 0 saturated carbocycles. The molecule has 2 saturated heterocycles. The van der Waals surface area contributed by atoms with Crippen molar-refractivity contribution >= 4 is 5.91 Å². The molecule has 3 atom stereocenters. The van der Waals surface area contributed by atoms with E-state index in [2.05, 4.69) is 5.32 Å². The minimum Gasteiger partial charge on any atom is -0.391 e. The fourth-order valence-corrected chi connectivity index (χ4v) is 2.72. The fraction of sp³-hybridized carbons (Fsp3) is 0.917. The van der Waals surface area contributed by atoms with E-state index in [4.69, 9.17) is 0 Å². The number of rotatable bonds is 1. The summed E-state index contributed by atoms with van der Waals surface area (Å²) in [6, 6.07) is -0.538. The van der Waals surface area contributed by atoms with Crippen molar-refractivity contribution in [3.63, 3.8) is 0 Å². The predicted molar refractivity (Wildman–Crippen MR) is 62.4 cm³/mol. The third-order valence-corrected chi connectivity index (χ3v) is 3.88. The molecule has 0 spiro atoms. The van der Waals surface area contributed by atoms with Crippen LogP contribution in [0, 0.1) is 5.92 Å². The largest absolute Gasteiger partial charge is 0.393 e. The Morgan fingerprint density at radius 3 is 2.53 bits per heavy atom. The molecule has 0 bridgehead atoms. The van der Waals surface area contributed by atoms with Crippen LogP contribution in [0.5, 0.6) is 0 Å². The second-order valence-corrected chi connectivity index (χ2v) is 5.36. The van der Waals surface area contributed by atoms with Crippen LogP contribution in [0.1, 0.15) is 25.7 Å². The van der Waals surface area contributed by atoms with Crippen molar-refractivity contribution in [2.24, 2.45) is 5.92 Å².